The fourth-order valence-electron chi connectivity index (χ4n) is 3.84. The maximum Gasteiger partial charge on any atom is 0.259 e. The molecule has 2 heterocycles. The number of aromatic nitrogens is 3. The van der Waals surface area contributed by atoms with E-state index in [0.717, 1.165) is 17.0 Å². The Morgan fingerprint density at radius 1 is 1.18 bits per heavy atom. The minimum absolute atomic E-state index is 0.0645. The molecule has 6 nitrogen and oxygen atoms in total. The van der Waals surface area contributed by atoms with Crippen LogP contribution in [0, 0.1) is 12.7 Å². The van der Waals surface area contributed by atoms with Crippen molar-refractivity contribution >= 4 is 17.5 Å². The van der Waals surface area contributed by atoms with E-state index >= 15 is 0 Å². The van der Waals surface area contributed by atoms with E-state index in [1.807, 2.05) is 42.1 Å². The molecule has 4 rings (SSSR count). The molecule has 0 saturated carbocycles. The van der Waals surface area contributed by atoms with Gasteiger partial charge >= 0.3 is 0 Å². The molecule has 0 spiro atoms. The molecule has 0 atom stereocenters. The van der Waals surface area contributed by atoms with Crippen molar-refractivity contribution < 1.29 is 13.7 Å². The van der Waals surface area contributed by atoms with Crippen molar-refractivity contribution in [3.05, 3.63) is 82.5 Å². The zero-order valence-corrected chi connectivity index (χ0v) is 19.4. The highest BCUT2D eigenvalue weighted by Crippen LogP contribution is 2.34. The summed E-state index contributed by atoms with van der Waals surface area (Å²) in [4.78, 5) is 14.8. The molecule has 0 N–H and O–H groups in total. The van der Waals surface area contributed by atoms with Crippen molar-refractivity contribution in [2.45, 2.75) is 19.8 Å². The predicted octanol–water partition coefficient (Wildman–Crippen LogP) is 5.55. The fraction of sp³-hybridized carbons (Fsp3) is 0.240. The number of nitrogens with zero attached hydrogens (tertiary/aromatic N) is 4. The first-order valence-electron chi connectivity index (χ1n) is 10.6. The third kappa shape index (κ3) is 4.68. The highest BCUT2D eigenvalue weighted by Gasteiger charge is 2.27. The summed E-state index contributed by atoms with van der Waals surface area (Å²) >= 11 is 6.18. The van der Waals surface area contributed by atoms with E-state index in [9.17, 15) is 9.18 Å². The highest BCUT2D eigenvalue weighted by molar-refractivity contribution is 6.33. The average molecular weight is 467 g/mol. The highest BCUT2D eigenvalue weighted by atomic mass is 35.5. The van der Waals surface area contributed by atoms with E-state index in [0.29, 0.717) is 25.1 Å². The smallest absolute Gasteiger partial charge is 0.259 e. The number of benzene rings is 2. The molecule has 0 aliphatic rings. The van der Waals surface area contributed by atoms with Crippen LogP contribution in [0.25, 0.3) is 22.5 Å². The summed E-state index contributed by atoms with van der Waals surface area (Å²) in [6.07, 6.45) is 1.43. The van der Waals surface area contributed by atoms with Crippen molar-refractivity contribution in [3.63, 3.8) is 0 Å². The lowest BCUT2D eigenvalue weighted by molar-refractivity contribution is 0.0792. The van der Waals surface area contributed by atoms with E-state index in [-0.39, 0.29) is 27.8 Å². The first-order valence-corrected chi connectivity index (χ1v) is 11.0. The Bertz CT molecular complexity index is 1260. The third-order valence-corrected chi connectivity index (χ3v) is 5.86. The van der Waals surface area contributed by atoms with Gasteiger partial charge in [-0.25, -0.2) is 4.39 Å². The monoisotopic (exact) mass is 466 g/mol. The Kier molecular flexibility index (Phi) is 6.60. The molecule has 0 aliphatic carbocycles. The lowest BCUT2D eigenvalue weighted by atomic mass is 10.0. The lowest BCUT2D eigenvalue weighted by Gasteiger charge is -2.17. The summed E-state index contributed by atoms with van der Waals surface area (Å²) in [6.45, 7) is 2.12. The maximum atomic E-state index is 14.4. The van der Waals surface area contributed by atoms with Crippen molar-refractivity contribution in [2.75, 3.05) is 13.6 Å². The molecule has 0 bridgehead atoms. The maximum absolute atomic E-state index is 14.4. The van der Waals surface area contributed by atoms with E-state index < -0.39 is 5.82 Å². The van der Waals surface area contributed by atoms with Crippen LogP contribution in [0.4, 0.5) is 4.39 Å². The Labute approximate surface area is 196 Å². The van der Waals surface area contributed by atoms with Crippen LogP contribution in [0.2, 0.25) is 5.02 Å². The topological polar surface area (TPSA) is 64.2 Å². The molecule has 33 heavy (non-hydrogen) atoms. The standard InChI is InChI=1S/C25H24ClFN4O2/c1-16-22(24(29-33-16)23-19(26)12-7-13-20(23)27)25(32)30(2)14-8-11-18-15-21(31(3)28-18)17-9-5-4-6-10-17/h4-7,9-10,12-13,15H,8,11,14H2,1-3H3. The first-order chi connectivity index (χ1) is 15.9. The molecular formula is C25H24ClFN4O2. The Morgan fingerprint density at radius 3 is 2.67 bits per heavy atom. The van der Waals surface area contributed by atoms with Gasteiger partial charge in [-0.3, -0.25) is 9.48 Å². The van der Waals surface area contributed by atoms with Crippen molar-refractivity contribution in [3.8, 4) is 22.5 Å². The van der Waals surface area contributed by atoms with E-state index in [1.54, 1.807) is 24.9 Å². The zero-order chi connectivity index (χ0) is 23.5. The SMILES string of the molecule is Cc1onc(-c2c(F)cccc2Cl)c1C(=O)N(C)CCCc1cc(-c2ccccc2)n(C)n1. The van der Waals surface area contributed by atoms with Gasteiger partial charge in [-0.15, -0.1) is 0 Å². The number of carbonyl (C=O) groups is 1. The van der Waals surface area contributed by atoms with Crippen LogP contribution in [0.1, 0.15) is 28.2 Å². The molecular weight excluding hydrogens is 443 g/mol. The zero-order valence-electron chi connectivity index (χ0n) is 18.7. The van der Waals surface area contributed by atoms with Crippen molar-refractivity contribution in [2.24, 2.45) is 7.05 Å². The number of hydrogen-bond donors (Lipinski definition) is 0. The average Bonchev–Trinajstić information content (AvgIpc) is 3.36. The Morgan fingerprint density at radius 2 is 1.94 bits per heavy atom. The lowest BCUT2D eigenvalue weighted by Crippen LogP contribution is -2.28. The molecule has 0 aliphatic heterocycles. The molecule has 1 amide bonds. The minimum Gasteiger partial charge on any atom is -0.360 e. The molecule has 4 aromatic rings. The summed E-state index contributed by atoms with van der Waals surface area (Å²) in [5, 5.41) is 8.69. The predicted molar refractivity (Wildman–Crippen MR) is 126 cm³/mol. The second-order valence-electron chi connectivity index (χ2n) is 7.90. The molecule has 0 fully saturated rings. The molecule has 170 valence electrons. The minimum atomic E-state index is -0.558. The van der Waals surface area contributed by atoms with Gasteiger partial charge in [0.1, 0.15) is 22.8 Å². The Balaban J connectivity index is 1.45. The summed E-state index contributed by atoms with van der Waals surface area (Å²) in [5.74, 6) is -0.538. The van der Waals surface area contributed by atoms with E-state index in [2.05, 4.69) is 16.3 Å². The van der Waals surface area contributed by atoms with Crippen molar-refractivity contribution in [1.29, 1.82) is 0 Å². The summed E-state index contributed by atoms with van der Waals surface area (Å²) < 4.78 is 21.5. The summed E-state index contributed by atoms with van der Waals surface area (Å²) in [7, 11) is 3.63. The van der Waals surface area contributed by atoms with Crippen LogP contribution in [-0.4, -0.2) is 39.3 Å². The van der Waals surface area contributed by atoms with Gasteiger partial charge in [0, 0.05) is 20.6 Å². The van der Waals surface area contributed by atoms with Crippen LogP contribution >= 0.6 is 11.6 Å². The second-order valence-corrected chi connectivity index (χ2v) is 8.31. The van der Waals surface area contributed by atoms with Gasteiger partial charge in [0.25, 0.3) is 5.91 Å². The second kappa shape index (κ2) is 9.58. The molecule has 2 aromatic carbocycles. The van der Waals surface area contributed by atoms with Gasteiger partial charge in [0.2, 0.25) is 0 Å². The number of carbonyl (C=O) groups excluding carboxylic acids is 1. The van der Waals surface area contributed by atoms with Gasteiger partial charge in [0.05, 0.1) is 22.0 Å². The number of rotatable bonds is 7. The fourth-order valence-corrected chi connectivity index (χ4v) is 4.09. The third-order valence-electron chi connectivity index (χ3n) is 5.55. The quantitative estimate of drug-likeness (QED) is 0.358. The first kappa shape index (κ1) is 22.7. The number of hydrogen-bond acceptors (Lipinski definition) is 4. The van der Waals surface area contributed by atoms with Gasteiger partial charge in [0.15, 0.2) is 0 Å². The summed E-state index contributed by atoms with van der Waals surface area (Å²) in [6, 6.07) is 16.5. The van der Waals surface area contributed by atoms with Crippen LogP contribution in [-0.2, 0) is 13.5 Å². The molecule has 0 saturated heterocycles. The van der Waals surface area contributed by atoms with Gasteiger partial charge < -0.3 is 9.42 Å². The molecule has 8 heteroatoms. The van der Waals surface area contributed by atoms with Crippen LogP contribution in [0.3, 0.4) is 0 Å². The normalized spacial score (nSPS) is 11.1. The van der Waals surface area contributed by atoms with E-state index in [4.69, 9.17) is 16.1 Å². The van der Waals surface area contributed by atoms with Gasteiger partial charge in [-0.2, -0.15) is 5.10 Å². The number of aryl methyl sites for hydroxylation is 3. The summed E-state index contributed by atoms with van der Waals surface area (Å²) in [5.41, 5.74) is 3.50. The molecule has 2 aromatic heterocycles. The van der Waals surface area contributed by atoms with Gasteiger partial charge in [-0.05, 0) is 43.5 Å². The van der Waals surface area contributed by atoms with Crippen LogP contribution < -0.4 is 0 Å². The van der Waals surface area contributed by atoms with Crippen LogP contribution in [0.15, 0.2) is 59.1 Å². The number of halogens is 2. The van der Waals surface area contributed by atoms with E-state index in [1.165, 1.54) is 12.1 Å². The molecule has 0 unspecified atom stereocenters. The Hall–Kier alpha value is -3.45. The largest absolute Gasteiger partial charge is 0.360 e. The number of amides is 1. The van der Waals surface area contributed by atoms with Gasteiger partial charge in [-0.1, -0.05) is 53.2 Å². The van der Waals surface area contributed by atoms with Crippen molar-refractivity contribution in [1.82, 2.24) is 19.8 Å². The molecule has 0 radical (unpaired) electrons. The van der Waals surface area contributed by atoms with Crippen LogP contribution in [0.5, 0.6) is 0 Å².